The van der Waals surface area contributed by atoms with Gasteiger partial charge >= 0.3 is 6.18 Å². The van der Waals surface area contributed by atoms with Gasteiger partial charge in [-0.15, -0.1) is 0 Å². The van der Waals surface area contributed by atoms with Crippen LogP contribution >= 0.6 is 11.3 Å². The first-order chi connectivity index (χ1) is 17.1. The molecule has 3 aromatic rings. The van der Waals surface area contributed by atoms with Crippen molar-refractivity contribution < 1.29 is 22.7 Å². The van der Waals surface area contributed by atoms with Crippen LogP contribution in [0.5, 0.6) is 0 Å². The van der Waals surface area contributed by atoms with E-state index in [0.717, 1.165) is 25.8 Å². The van der Waals surface area contributed by atoms with E-state index >= 15 is 0 Å². The van der Waals surface area contributed by atoms with Crippen molar-refractivity contribution >= 4 is 39.0 Å². The number of carbonyl (C=O) groups excluding carboxylic acids is 1. The van der Waals surface area contributed by atoms with Crippen LogP contribution in [0.3, 0.4) is 0 Å². The number of hydrogen-bond donors (Lipinski definition) is 2. The van der Waals surface area contributed by atoms with Gasteiger partial charge in [0, 0.05) is 31.3 Å². The Kier molecular flexibility index (Phi) is 7.82. The molecule has 2 atom stereocenters. The predicted octanol–water partition coefficient (Wildman–Crippen LogP) is 5.51. The van der Waals surface area contributed by atoms with Crippen molar-refractivity contribution in [1.29, 1.82) is 0 Å². The predicted molar refractivity (Wildman–Crippen MR) is 134 cm³/mol. The van der Waals surface area contributed by atoms with Crippen molar-refractivity contribution in [2.24, 2.45) is 5.92 Å². The van der Waals surface area contributed by atoms with E-state index in [1.807, 2.05) is 13.8 Å². The van der Waals surface area contributed by atoms with Crippen LogP contribution in [0.15, 0.2) is 30.5 Å². The van der Waals surface area contributed by atoms with Crippen LogP contribution in [0, 0.1) is 12.8 Å². The number of anilines is 2. The molecule has 1 amide bonds. The van der Waals surface area contributed by atoms with Gasteiger partial charge in [0.1, 0.15) is 10.3 Å². The molecule has 1 aliphatic heterocycles. The molecule has 11 heteroatoms. The van der Waals surface area contributed by atoms with Gasteiger partial charge in [-0.2, -0.15) is 13.2 Å². The summed E-state index contributed by atoms with van der Waals surface area (Å²) in [6.45, 7) is 5.07. The largest absolute Gasteiger partial charge is 0.413 e. The van der Waals surface area contributed by atoms with E-state index in [4.69, 9.17) is 4.74 Å². The van der Waals surface area contributed by atoms with Gasteiger partial charge in [0.05, 0.1) is 23.0 Å². The lowest BCUT2D eigenvalue weighted by molar-refractivity contribution is -0.190. The van der Waals surface area contributed by atoms with E-state index in [0.29, 0.717) is 37.3 Å². The summed E-state index contributed by atoms with van der Waals surface area (Å²) in [5.41, 5.74) is 2.83. The van der Waals surface area contributed by atoms with Gasteiger partial charge in [-0.05, 0) is 57.5 Å². The van der Waals surface area contributed by atoms with Gasteiger partial charge in [-0.1, -0.05) is 23.5 Å². The van der Waals surface area contributed by atoms with E-state index < -0.39 is 24.0 Å². The summed E-state index contributed by atoms with van der Waals surface area (Å²) in [6, 6.07) is 3.95. The highest BCUT2D eigenvalue weighted by Crippen LogP contribution is 2.39. The first kappa shape index (κ1) is 26.3. The number of aromatic nitrogens is 2. The van der Waals surface area contributed by atoms with Crippen molar-refractivity contribution in [2.75, 3.05) is 32.6 Å². The number of pyridine rings is 1. The maximum atomic E-state index is 14.1. The number of amides is 1. The van der Waals surface area contributed by atoms with E-state index in [1.54, 1.807) is 25.4 Å². The lowest BCUT2D eigenvalue weighted by atomic mass is 9.95. The number of alkyl halides is 3. The second-order valence-electron chi connectivity index (χ2n) is 9.01. The number of hydrogen-bond acceptors (Lipinski definition) is 7. The molecule has 1 fully saturated rings. The molecule has 0 spiro atoms. The van der Waals surface area contributed by atoms with Crippen LogP contribution < -0.4 is 10.6 Å². The first-order valence-corrected chi connectivity index (χ1v) is 12.6. The number of methoxy groups -OCH3 is 1. The normalized spacial score (nSPS) is 16.6. The van der Waals surface area contributed by atoms with Gasteiger partial charge in [0.15, 0.2) is 6.04 Å². The van der Waals surface area contributed by atoms with Crippen molar-refractivity contribution in [3.63, 3.8) is 0 Å². The molecule has 0 unspecified atom stereocenters. The molecule has 3 heterocycles. The average Bonchev–Trinajstić information content (AvgIpc) is 3.24. The van der Waals surface area contributed by atoms with Crippen molar-refractivity contribution in [2.45, 2.75) is 45.0 Å². The maximum Gasteiger partial charge on any atom is 0.413 e. The van der Waals surface area contributed by atoms with Crippen LogP contribution in [-0.2, 0) is 9.53 Å². The molecule has 194 valence electrons. The van der Waals surface area contributed by atoms with Gasteiger partial charge in [-0.3, -0.25) is 4.79 Å². The average molecular weight is 522 g/mol. The Balaban J connectivity index is 1.60. The highest BCUT2D eigenvalue weighted by molar-refractivity contribution is 7.18. The van der Waals surface area contributed by atoms with Crippen molar-refractivity contribution in [3.05, 3.63) is 46.6 Å². The Bertz CT molecular complexity index is 1210. The Labute approximate surface area is 212 Å². The van der Waals surface area contributed by atoms with Gasteiger partial charge in [-0.25, -0.2) is 9.97 Å². The van der Waals surface area contributed by atoms with Crippen molar-refractivity contribution in [3.8, 4) is 0 Å². The lowest BCUT2D eigenvalue weighted by Crippen LogP contribution is -2.45. The fraction of sp³-hybridized carbons (Fsp3) is 0.480. The quantitative estimate of drug-likeness (QED) is 0.427. The van der Waals surface area contributed by atoms with Gasteiger partial charge < -0.3 is 20.3 Å². The topological polar surface area (TPSA) is 79.4 Å². The molecule has 0 bridgehead atoms. The molecule has 0 aliphatic carbocycles. The summed E-state index contributed by atoms with van der Waals surface area (Å²) >= 11 is 1.48. The zero-order valence-electron chi connectivity index (χ0n) is 20.6. The molecule has 0 radical (unpaired) electrons. The van der Waals surface area contributed by atoms with Crippen LogP contribution in [0.2, 0.25) is 0 Å². The molecule has 1 aliphatic rings. The monoisotopic (exact) mass is 521 g/mol. The summed E-state index contributed by atoms with van der Waals surface area (Å²) in [7, 11) is 2.84. The molecule has 4 rings (SSSR count). The van der Waals surface area contributed by atoms with Gasteiger partial charge in [0.25, 0.3) is 0 Å². The number of benzene rings is 1. The number of thiazole rings is 1. The molecule has 7 nitrogen and oxygen atoms in total. The zero-order chi connectivity index (χ0) is 26.0. The number of carbonyl (C=O) groups is 1. The van der Waals surface area contributed by atoms with E-state index in [9.17, 15) is 18.0 Å². The molecule has 36 heavy (non-hydrogen) atoms. The van der Waals surface area contributed by atoms with Crippen molar-refractivity contribution in [1.82, 2.24) is 20.2 Å². The third kappa shape index (κ3) is 5.47. The third-order valence-corrected chi connectivity index (χ3v) is 7.45. The number of aryl methyl sites for hydroxylation is 1. The van der Waals surface area contributed by atoms with Crippen LogP contribution in [0.4, 0.5) is 24.5 Å². The Morgan fingerprint density at radius 1 is 1.25 bits per heavy atom. The molecule has 1 saturated heterocycles. The zero-order valence-corrected chi connectivity index (χ0v) is 21.5. The van der Waals surface area contributed by atoms with Gasteiger partial charge in [0.2, 0.25) is 5.91 Å². The molecule has 0 saturated carbocycles. The summed E-state index contributed by atoms with van der Waals surface area (Å²) in [5.74, 6) is -0.878. The number of nitrogens with zero attached hydrogens (tertiary/aromatic N) is 3. The summed E-state index contributed by atoms with van der Waals surface area (Å²) in [4.78, 5) is 23.6. The number of rotatable bonds is 7. The smallest absolute Gasteiger partial charge is 0.377 e. The molecule has 2 aromatic heterocycles. The molecular weight excluding hydrogens is 491 g/mol. The highest BCUT2D eigenvalue weighted by atomic mass is 32.1. The first-order valence-electron chi connectivity index (χ1n) is 11.8. The highest BCUT2D eigenvalue weighted by Gasteiger charge is 2.46. The lowest BCUT2D eigenvalue weighted by Gasteiger charge is -2.34. The summed E-state index contributed by atoms with van der Waals surface area (Å²) < 4.78 is 47.9. The standard InChI is InChI=1S/C25H30F3N5O2S/c1-14(35-4)20-19(13-30-23-21(20)31-15(2)36-23)32-18-7-5-16(6-8-18)22(25(26,27)28)33(3)24(34)17-9-11-29-12-10-17/h5-8,13-14,17,22,29,32H,9-12H2,1-4H3/t14-,22-/m0/s1. The fourth-order valence-electron chi connectivity index (χ4n) is 4.65. The van der Waals surface area contributed by atoms with Crippen LogP contribution in [0.1, 0.15) is 48.0 Å². The number of fused-ring (bicyclic) bond motifs is 1. The summed E-state index contributed by atoms with van der Waals surface area (Å²) in [6.07, 6.45) is -2.12. The maximum absolute atomic E-state index is 14.1. The minimum atomic E-state index is -4.61. The number of nitrogens with one attached hydrogen (secondary N) is 2. The van der Waals surface area contributed by atoms with E-state index in [-0.39, 0.29) is 11.7 Å². The van der Waals surface area contributed by atoms with Crippen LogP contribution in [-0.4, -0.2) is 54.2 Å². The minimum Gasteiger partial charge on any atom is -0.377 e. The number of halogens is 3. The Morgan fingerprint density at radius 2 is 1.92 bits per heavy atom. The van der Waals surface area contributed by atoms with E-state index in [1.165, 1.54) is 30.5 Å². The summed E-state index contributed by atoms with van der Waals surface area (Å²) in [5, 5.41) is 7.27. The second-order valence-corrected chi connectivity index (χ2v) is 10.2. The van der Waals surface area contributed by atoms with E-state index in [2.05, 4.69) is 20.6 Å². The fourth-order valence-corrected chi connectivity index (χ4v) is 5.42. The number of piperidine rings is 1. The minimum absolute atomic E-state index is 0.00650. The second kappa shape index (κ2) is 10.7. The number of ether oxygens (including phenoxy) is 1. The third-order valence-electron chi connectivity index (χ3n) is 6.57. The Hall–Kier alpha value is -2.76. The molecule has 2 N–H and O–H groups in total. The Morgan fingerprint density at radius 3 is 2.53 bits per heavy atom. The SMILES string of the molecule is CO[C@@H](C)c1c(Nc2ccc([C@H](N(C)C(=O)C3CCNCC3)C(F)(F)F)cc2)cnc2sc(C)nc12. The molecular formula is C25H30F3N5O2S. The van der Waals surface area contributed by atoms with Crippen LogP contribution in [0.25, 0.3) is 10.3 Å². The molecule has 1 aromatic carbocycles.